The van der Waals surface area contributed by atoms with Crippen LogP contribution in [0.4, 0.5) is 8.78 Å². The van der Waals surface area contributed by atoms with Gasteiger partial charge in [-0.1, -0.05) is 6.07 Å². The lowest BCUT2D eigenvalue weighted by Crippen LogP contribution is -2.31. The van der Waals surface area contributed by atoms with Gasteiger partial charge in [-0.05, 0) is 48.9 Å². The van der Waals surface area contributed by atoms with Crippen molar-refractivity contribution in [1.82, 2.24) is 14.5 Å². The number of halogens is 2. The number of rotatable bonds is 6. The van der Waals surface area contributed by atoms with E-state index in [2.05, 4.69) is 4.98 Å². The Bertz CT molecular complexity index is 939. The zero-order chi connectivity index (χ0) is 19.4. The molecule has 1 aromatic heterocycles. The first-order chi connectivity index (χ1) is 13.0. The lowest BCUT2D eigenvalue weighted by molar-refractivity contribution is 0.0744. The highest BCUT2D eigenvalue weighted by Crippen LogP contribution is 2.20. The molecule has 0 unspecified atom stereocenters. The van der Waals surface area contributed by atoms with Gasteiger partial charge in [-0.3, -0.25) is 9.36 Å². The molecule has 5 nitrogen and oxygen atoms in total. The van der Waals surface area contributed by atoms with E-state index in [1.54, 1.807) is 27.7 Å². The van der Waals surface area contributed by atoms with Crippen LogP contribution in [0, 0.1) is 11.6 Å². The highest BCUT2D eigenvalue weighted by Gasteiger charge is 2.20. The number of amides is 1. The highest BCUT2D eigenvalue weighted by molar-refractivity contribution is 5.93. The predicted molar refractivity (Wildman–Crippen MR) is 96.9 cm³/mol. The summed E-state index contributed by atoms with van der Waals surface area (Å²) in [7, 11) is 1.40. The van der Waals surface area contributed by atoms with Gasteiger partial charge in [0, 0.05) is 18.8 Å². The number of hydrogen-bond acceptors (Lipinski definition) is 3. The number of methoxy groups -OCH3 is 1. The van der Waals surface area contributed by atoms with E-state index in [-0.39, 0.29) is 24.0 Å². The summed E-state index contributed by atoms with van der Waals surface area (Å²) in [5.74, 6) is -0.934. The fourth-order valence-corrected chi connectivity index (χ4v) is 2.78. The molecule has 27 heavy (non-hydrogen) atoms. The summed E-state index contributed by atoms with van der Waals surface area (Å²) in [6, 6.07) is 10.4. The summed E-state index contributed by atoms with van der Waals surface area (Å²) in [6.45, 7) is 2.52. The van der Waals surface area contributed by atoms with Crippen molar-refractivity contribution in [2.45, 2.75) is 13.5 Å². The average molecular weight is 371 g/mol. The SMILES string of the molecule is CCN(Cc1ccc(OC)c(F)c1)C(=O)c1cncn1-c1ccc(F)cc1. The van der Waals surface area contributed by atoms with E-state index < -0.39 is 5.82 Å². The summed E-state index contributed by atoms with van der Waals surface area (Å²) >= 11 is 0. The molecule has 2 aromatic carbocycles. The number of carbonyl (C=O) groups excluding carboxylic acids is 1. The van der Waals surface area contributed by atoms with Gasteiger partial charge in [-0.15, -0.1) is 0 Å². The van der Waals surface area contributed by atoms with Gasteiger partial charge >= 0.3 is 0 Å². The van der Waals surface area contributed by atoms with Gasteiger partial charge in [0.15, 0.2) is 11.6 Å². The first-order valence-corrected chi connectivity index (χ1v) is 8.43. The summed E-state index contributed by atoms with van der Waals surface area (Å²) in [5, 5.41) is 0. The molecule has 0 N–H and O–H groups in total. The number of benzene rings is 2. The van der Waals surface area contributed by atoms with Crippen LogP contribution in [0.1, 0.15) is 23.0 Å². The van der Waals surface area contributed by atoms with Crippen molar-refractivity contribution in [2.24, 2.45) is 0 Å². The van der Waals surface area contributed by atoms with Gasteiger partial charge in [-0.2, -0.15) is 0 Å². The second-order valence-electron chi connectivity index (χ2n) is 5.91. The lowest BCUT2D eigenvalue weighted by Gasteiger charge is -2.22. The smallest absolute Gasteiger partial charge is 0.272 e. The molecule has 1 amide bonds. The molecule has 0 aliphatic carbocycles. The Hall–Kier alpha value is -3.22. The van der Waals surface area contributed by atoms with Crippen molar-refractivity contribution >= 4 is 5.91 Å². The van der Waals surface area contributed by atoms with Gasteiger partial charge in [0.1, 0.15) is 11.5 Å². The zero-order valence-electron chi connectivity index (χ0n) is 15.0. The Labute approximate surface area is 155 Å². The third-order valence-corrected chi connectivity index (χ3v) is 4.22. The van der Waals surface area contributed by atoms with Crippen LogP contribution in [0.2, 0.25) is 0 Å². The van der Waals surface area contributed by atoms with Crippen LogP contribution in [0.5, 0.6) is 5.75 Å². The fourth-order valence-electron chi connectivity index (χ4n) is 2.78. The number of hydrogen-bond donors (Lipinski definition) is 0. The Morgan fingerprint density at radius 1 is 1.19 bits per heavy atom. The summed E-state index contributed by atoms with van der Waals surface area (Å²) in [6.07, 6.45) is 2.96. The van der Waals surface area contributed by atoms with Gasteiger partial charge in [0.25, 0.3) is 5.91 Å². The molecule has 0 saturated carbocycles. The van der Waals surface area contributed by atoms with Crippen molar-refractivity contribution in [3.63, 3.8) is 0 Å². The van der Waals surface area contributed by atoms with Crippen LogP contribution < -0.4 is 4.74 Å². The Morgan fingerprint density at radius 2 is 1.93 bits per heavy atom. The maximum atomic E-state index is 13.9. The summed E-state index contributed by atoms with van der Waals surface area (Å²) < 4.78 is 33.6. The maximum absolute atomic E-state index is 13.9. The monoisotopic (exact) mass is 371 g/mol. The predicted octanol–water partition coefficient (Wildman–Crippen LogP) is 3.82. The lowest BCUT2D eigenvalue weighted by atomic mass is 10.2. The number of carbonyl (C=O) groups is 1. The molecule has 7 heteroatoms. The molecule has 0 saturated heterocycles. The van der Waals surface area contributed by atoms with Crippen molar-refractivity contribution in [3.8, 4) is 11.4 Å². The number of aromatic nitrogens is 2. The number of imidazole rings is 1. The third-order valence-electron chi connectivity index (χ3n) is 4.22. The molecule has 0 aliphatic heterocycles. The maximum Gasteiger partial charge on any atom is 0.272 e. The zero-order valence-corrected chi connectivity index (χ0v) is 15.0. The first kappa shape index (κ1) is 18.6. The van der Waals surface area contributed by atoms with Crippen molar-refractivity contribution in [1.29, 1.82) is 0 Å². The molecule has 0 atom stereocenters. The summed E-state index contributed by atoms with van der Waals surface area (Å²) in [4.78, 5) is 18.6. The molecule has 0 bridgehead atoms. The minimum atomic E-state index is -0.477. The van der Waals surface area contributed by atoms with E-state index in [9.17, 15) is 13.6 Å². The molecule has 0 radical (unpaired) electrons. The first-order valence-electron chi connectivity index (χ1n) is 8.43. The van der Waals surface area contributed by atoms with E-state index in [0.29, 0.717) is 23.5 Å². The largest absolute Gasteiger partial charge is 0.494 e. The second kappa shape index (κ2) is 7.99. The normalized spacial score (nSPS) is 10.7. The standard InChI is InChI=1S/C20H19F2N3O2/c1-3-24(12-14-4-9-19(27-2)17(22)10-14)20(26)18-11-23-13-25(18)16-7-5-15(21)6-8-16/h4-11,13H,3,12H2,1-2H3. The van der Waals surface area contributed by atoms with E-state index in [0.717, 1.165) is 0 Å². The molecular weight excluding hydrogens is 352 g/mol. The second-order valence-corrected chi connectivity index (χ2v) is 5.91. The molecule has 140 valence electrons. The summed E-state index contributed by atoms with van der Waals surface area (Å²) in [5.41, 5.74) is 1.62. The van der Waals surface area contributed by atoms with Crippen LogP contribution in [-0.4, -0.2) is 34.0 Å². The molecule has 0 aliphatic rings. The van der Waals surface area contributed by atoms with Crippen LogP contribution >= 0.6 is 0 Å². The Morgan fingerprint density at radius 3 is 2.56 bits per heavy atom. The minimum Gasteiger partial charge on any atom is -0.494 e. The van der Waals surface area contributed by atoms with E-state index in [4.69, 9.17) is 4.74 Å². The average Bonchev–Trinajstić information content (AvgIpc) is 3.16. The van der Waals surface area contributed by atoms with Crippen LogP contribution in [0.3, 0.4) is 0 Å². The van der Waals surface area contributed by atoms with Gasteiger partial charge in [0.05, 0.1) is 19.6 Å². The molecule has 1 heterocycles. The molecule has 0 fully saturated rings. The molecule has 3 aromatic rings. The van der Waals surface area contributed by atoms with E-state index >= 15 is 0 Å². The van der Waals surface area contributed by atoms with Gasteiger partial charge in [0.2, 0.25) is 0 Å². The van der Waals surface area contributed by atoms with Gasteiger partial charge in [-0.25, -0.2) is 13.8 Å². The van der Waals surface area contributed by atoms with E-state index in [1.807, 2.05) is 6.92 Å². The van der Waals surface area contributed by atoms with Crippen LogP contribution in [0.25, 0.3) is 5.69 Å². The van der Waals surface area contributed by atoms with Gasteiger partial charge < -0.3 is 9.64 Å². The van der Waals surface area contributed by atoms with E-state index in [1.165, 1.54) is 43.9 Å². The Kier molecular flexibility index (Phi) is 5.49. The van der Waals surface area contributed by atoms with Crippen molar-refractivity contribution in [3.05, 3.63) is 77.9 Å². The topological polar surface area (TPSA) is 47.4 Å². The van der Waals surface area contributed by atoms with Crippen LogP contribution in [-0.2, 0) is 6.54 Å². The molecule has 0 spiro atoms. The number of ether oxygens (including phenoxy) is 1. The number of nitrogens with zero attached hydrogens (tertiary/aromatic N) is 3. The van der Waals surface area contributed by atoms with Crippen molar-refractivity contribution in [2.75, 3.05) is 13.7 Å². The third kappa shape index (κ3) is 3.97. The fraction of sp³-hybridized carbons (Fsp3) is 0.200. The van der Waals surface area contributed by atoms with Crippen LogP contribution in [0.15, 0.2) is 55.0 Å². The van der Waals surface area contributed by atoms with Crippen molar-refractivity contribution < 1.29 is 18.3 Å². The Balaban J connectivity index is 1.85. The minimum absolute atomic E-state index is 0.155. The highest BCUT2D eigenvalue weighted by atomic mass is 19.1. The molecular formula is C20H19F2N3O2. The molecule has 3 rings (SSSR count). The quantitative estimate of drug-likeness (QED) is 0.662.